The first-order valence-corrected chi connectivity index (χ1v) is 4.41. The highest BCUT2D eigenvalue weighted by Crippen LogP contribution is 2.22. The molecule has 0 amide bonds. The molecule has 0 aliphatic carbocycles. The predicted octanol–water partition coefficient (Wildman–Crippen LogP) is 1.66. The molecule has 13 heavy (non-hydrogen) atoms. The molecule has 3 nitrogen and oxygen atoms in total. The number of hydrogen-bond donors (Lipinski definition) is 1. The Morgan fingerprint density at radius 1 is 1.38 bits per heavy atom. The molecule has 0 spiro atoms. The fourth-order valence-corrected chi connectivity index (χ4v) is 1.47. The van der Waals surface area contributed by atoms with Crippen molar-refractivity contribution in [3.8, 4) is 5.75 Å². The molecular weight excluding hydrogens is 166 g/mol. The molecule has 70 valence electrons. The number of hydrogen-bond acceptors (Lipinski definition) is 3. The van der Waals surface area contributed by atoms with Crippen LogP contribution in [0.5, 0.6) is 5.75 Å². The van der Waals surface area contributed by atoms with Gasteiger partial charge in [0.15, 0.2) is 0 Å². The molecule has 1 aliphatic heterocycles. The minimum Gasteiger partial charge on any atom is -0.497 e. The Morgan fingerprint density at radius 2 is 2.15 bits per heavy atom. The highest BCUT2D eigenvalue weighted by atomic mass is 16.7. The molecule has 0 radical (unpaired) electrons. The van der Waals surface area contributed by atoms with Crippen LogP contribution >= 0.6 is 0 Å². The topological polar surface area (TPSA) is 30.5 Å². The maximum atomic E-state index is 5.09. The zero-order valence-electron chi connectivity index (χ0n) is 7.62. The van der Waals surface area contributed by atoms with Gasteiger partial charge in [0.1, 0.15) is 5.75 Å². The van der Waals surface area contributed by atoms with E-state index in [-0.39, 0.29) is 0 Å². The number of benzene rings is 1. The number of methoxy groups -OCH3 is 1. The fraction of sp³-hybridized carbons (Fsp3) is 0.400. The molecule has 1 saturated heterocycles. The van der Waals surface area contributed by atoms with Crippen molar-refractivity contribution in [2.45, 2.75) is 12.5 Å². The fourth-order valence-electron chi connectivity index (χ4n) is 1.47. The second kappa shape index (κ2) is 3.77. The lowest BCUT2D eigenvalue weighted by Gasteiger charge is -2.08. The van der Waals surface area contributed by atoms with Gasteiger partial charge in [-0.05, 0) is 24.1 Å². The summed E-state index contributed by atoms with van der Waals surface area (Å²) in [6.07, 6.45) is 1.03. The first kappa shape index (κ1) is 8.53. The van der Waals surface area contributed by atoms with Gasteiger partial charge in [0, 0.05) is 0 Å². The quantitative estimate of drug-likeness (QED) is 0.749. The van der Waals surface area contributed by atoms with Crippen LogP contribution in [0.25, 0.3) is 0 Å². The van der Waals surface area contributed by atoms with Crippen molar-refractivity contribution < 1.29 is 9.57 Å². The second-order valence-corrected chi connectivity index (χ2v) is 3.08. The first-order valence-electron chi connectivity index (χ1n) is 4.41. The van der Waals surface area contributed by atoms with E-state index in [9.17, 15) is 0 Å². The van der Waals surface area contributed by atoms with Gasteiger partial charge in [-0.3, -0.25) is 0 Å². The van der Waals surface area contributed by atoms with E-state index in [0.29, 0.717) is 6.04 Å². The van der Waals surface area contributed by atoms with E-state index in [4.69, 9.17) is 9.57 Å². The highest BCUT2D eigenvalue weighted by molar-refractivity contribution is 5.29. The summed E-state index contributed by atoms with van der Waals surface area (Å²) in [4.78, 5) is 5.09. The Bertz CT molecular complexity index is 265. The Morgan fingerprint density at radius 3 is 2.69 bits per heavy atom. The molecule has 1 aromatic carbocycles. The Labute approximate surface area is 77.6 Å². The molecule has 1 aromatic rings. The molecule has 2 rings (SSSR count). The van der Waals surface area contributed by atoms with Gasteiger partial charge in [-0.2, -0.15) is 5.48 Å². The molecule has 0 bridgehead atoms. The normalized spacial score (nSPS) is 21.8. The van der Waals surface area contributed by atoms with Gasteiger partial charge >= 0.3 is 0 Å². The van der Waals surface area contributed by atoms with Crippen LogP contribution in [0.1, 0.15) is 18.0 Å². The summed E-state index contributed by atoms with van der Waals surface area (Å²) in [7, 11) is 1.67. The van der Waals surface area contributed by atoms with E-state index in [0.717, 1.165) is 18.8 Å². The van der Waals surface area contributed by atoms with Crippen LogP contribution in [0.4, 0.5) is 0 Å². The average Bonchev–Trinajstić information content (AvgIpc) is 2.71. The Kier molecular flexibility index (Phi) is 2.47. The zero-order valence-corrected chi connectivity index (χ0v) is 7.62. The third-order valence-electron chi connectivity index (χ3n) is 2.25. The molecule has 1 unspecified atom stereocenters. The van der Waals surface area contributed by atoms with Crippen molar-refractivity contribution in [1.29, 1.82) is 0 Å². The molecule has 1 heterocycles. The van der Waals surface area contributed by atoms with E-state index in [1.807, 2.05) is 12.1 Å². The highest BCUT2D eigenvalue weighted by Gasteiger charge is 2.16. The zero-order chi connectivity index (χ0) is 9.10. The number of hydroxylamine groups is 1. The molecule has 0 aromatic heterocycles. The maximum absolute atomic E-state index is 5.09. The molecule has 1 N–H and O–H groups in total. The van der Waals surface area contributed by atoms with Crippen LogP contribution in [0.2, 0.25) is 0 Å². The van der Waals surface area contributed by atoms with E-state index < -0.39 is 0 Å². The molecule has 0 saturated carbocycles. The lowest BCUT2D eigenvalue weighted by molar-refractivity contribution is 0.0883. The molecule has 3 heteroatoms. The standard InChI is InChI=1S/C10H13NO2/c1-12-9-4-2-8(3-5-9)10-6-7-13-11-10/h2-5,10-11H,6-7H2,1H3. The van der Waals surface area contributed by atoms with Gasteiger partial charge < -0.3 is 9.57 Å². The monoisotopic (exact) mass is 179 g/mol. The van der Waals surface area contributed by atoms with Crippen molar-refractivity contribution in [3.05, 3.63) is 29.8 Å². The minimum atomic E-state index is 0.339. The second-order valence-electron chi connectivity index (χ2n) is 3.08. The van der Waals surface area contributed by atoms with Crippen LogP contribution in [0.3, 0.4) is 0 Å². The average molecular weight is 179 g/mol. The van der Waals surface area contributed by atoms with E-state index in [2.05, 4.69) is 17.6 Å². The van der Waals surface area contributed by atoms with Crippen molar-refractivity contribution in [3.63, 3.8) is 0 Å². The van der Waals surface area contributed by atoms with Crippen LogP contribution < -0.4 is 10.2 Å². The van der Waals surface area contributed by atoms with Crippen LogP contribution in [-0.2, 0) is 4.84 Å². The summed E-state index contributed by atoms with van der Waals surface area (Å²) >= 11 is 0. The molecule has 1 atom stereocenters. The first-order chi connectivity index (χ1) is 6.40. The van der Waals surface area contributed by atoms with Crippen molar-refractivity contribution in [1.82, 2.24) is 5.48 Å². The van der Waals surface area contributed by atoms with E-state index in [1.165, 1.54) is 5.56 Å². The summed E-state index contributed by atoms with van der Waals surface area (Å²) in [6, 6.07) is 8.40. The molecule has 1 aliphatic rings. The van der Waals surface area contributed by atoms with Crippen LogP contribution in [-0.4, -0.2) is 13.7 Å². The Hall–Kier alpha value is -1.06. The maximum Gasteiger partial charge on any atom is 0.118 e. The number of rotatable bonds is 2. The largest absolute Gasteiger partial charge is 0.497 e. The minimum absolute atomic E-state index is 0.339. The van der Waals surface area contributed by atoms with Gasteiger partial charge in [0.05, 0.1) is 19.8 Å². The molecular formula is C10H13NO2. The van der Waals surface area contributed by atoms with E-state index >= 15 is 0 Å². The lowest BCUT2D eigenvalue weighted by Crippen LogP contribution is -2.10. The Balaban J connectivity index is 2.12. The van der Waals surface area contributed by atoms with Crippen molar-refractivity contribution in [2.75, 3.05) is 13.7 Å². The van der Waals surface area contributed by atoms with Gasteiger partial charge in [-0.15, -0.1) is 0 Å². The summed E-state index contributed by atoms with van der Waals surface area (Å²) in [6.45, 7) is 0.788. The van der Waals surface area contributed by atoms with Crippen LogP contribution in [0, 0.1) is 0 Å². The number of ether oxygens (including phenoxy) is 1. The van der Waals surface area contributed by atoms with Crippen molar-refractivity contribution >= 4 is 0 Å². The summed E-state index contributed by atoms with van der Waals surface area (Å²) in [5.74, 6) is 0.891. The smallest absolute Gasteiger partial charge is 0.118 e. The summed E-state index contributed by atoms with van der Waals surface area (Å²) in [5, 5.41) is 0. The third-order valence-corrected chi connectivity index (χ3v) is 2.25. The van der Waals surface area contributed by atoms with Crippen molar-refractivity contribution in [2.24, 2.45) is 0 Å². The molecule has 1 fully saturated rings. The lowest BCUT2D eigenvalue weighted by atomic mass is 10.1. The summed E-state index contributed by atoms with van der Waals surface area (Å²) in [5.41, 5.74) is 4.22. The summed E-state index contributed by atoms with van der Waals surface area (Å²) < 4.78 is 5.08. The van der Waals surface area contributed by atoms with E-state index in [1.54, 1.807) is 7.11 Å². The SMILES string of the molecule is COc1ccc(C2CCON2)cc1. The predicted molar refractivity (Wildman–Crippen MR) is 49.4 cm³/mol. The van der Waals surface area contributed by atoms with Gasteiger partial charge in [-0.1, -0.05) is 12.1 Å². The van der Waals surface area contributed by atoms with Gasteiger partial charge in [-0.25, -0.2) is 0 Å². The third kappa shape index (κ3) is 1.82. The van der Waals surface area contributed by atoms with Gasteiger partial charge in [0.2, 0.25) is 0 Å². The van der Waals surface area contributed by atoms with Crippen LogP contribution in [0.15, 0.2) is 24.3 Å². The number of nitrogens with one attached hydrogen (secondary N) is 1. The van der Waals surface area contributed by atoms with Gasteiger partial charge in [0.25, 0.3) is 0 Å².